The van der Waals surface area contributed by atoms with Crippen LogP contribution in [0.1, 0.15) is 16.8 Å². The van der Waals surface area contributed by atoms with Gasteiger partial charge in [-0.15, -0.1) is 0 Å². The average Bonchev–Trinajstić information content (AvgIpc) is 3.21. The molecule has 5 nitrogen and oxygen atoms in total. The van der Waals surface area contributed by atoms with Crippen LogP contribution in [0.2, 0.25) is 5.02 Å². The topological polar surface area (TPSA) is 57.7 Å². The van der Waals surface area contributed by atoms with Crippen molar-refractivity contribution in [1.82, 2.24) is 25.1 Å². The third-order valence-corrected chi connectivity index (χ3v) is 5.63. The van der Waals surface area contributed by atoms with E-state index in [1.807, 2.05) is 30.5 Å². The molecule has 8 heteroatoms. The highest BCUT2D eigenvalue weighted by Crippen LogP contribution is 2.27. The summed E-state index contributed by atoms with van der Waals surface area (Å²) in [5.41, 5.74) is 4.99. The van der Waals surface area contributed by atoms with Gasteiger partial charge in [0, 0.05) is 65.6 Å². The van der Waals surface area contributed by atoms with E-state index in [1.165, 1.54) is 12.1 Å². The predicted molar refractivity (Wildman–Crippen MR) is 114 cm³/mol. The summed E-state index contributed by atoms with van der Waals surface area (Å²) in [5.74, 6) is -0.540. The third kappa shape index (κ3) is 4.19. The first-order chi connectivity index (χ1) is 15.0. The minimum Gasteiger partial charge on any atom is -0.294 e. The highest BCUT2D eigenvalue weighted by molar-refractivity contribution is 6.30. The minimum atomic E-state index is -0.615. The summed E-state index contributed by atoms with van der Waals surface area (Å²) >= 11 is 5.96. The van der Waals surface area contributed by atoms with Crippen LogP contribution in [0.25, 0.3) is 22.6 Å². The Balaban J connectivity index is 1.34. The Labute approximate surface area is 182 Å². The predicted octanol–water partition coefficient (Wildman–Crippen LogP) is 5.02. The molecule has 3 heterocycles. The highest BCUT2D eigenvalue weighted by atomic mass is 35.5. The van der Waals surface area contributed by atoms with E-state index >= 15 is 0 Å². The number of benzene rings is 2. The van der Waals surface area contributed by atoms with Gasteiger partial charge < -0.3 is 0 Å². The Bertz CT molecular complexity index is 1220. The summed E-state index contributed by atoms with van der Waals surface area (Å²) in [6, 6.07) is 10.9. The number of nitrogens with one attached hydrogen (secondary N) is 1. The normalized spacial score (nSPS) is 13.9. The van der Waals surface area contributed by atoms with Crippen LogP contribution >= 0.6 is 11.6 Å². The largest absolute Gasteiger partial charge is 0.294 e. The fraction of sp³-hybridized carbons (Fsp3) is 0.174. The van der Waals surface area contributed by atoms with E-state index in [1.54, 1.807) is 6.20 Å². The van der Waals surface area contributed by atoms with Gasteiger partial charge in [0.25, 0.3) is 0 Å². The van der Waals surface area contributed by atoms with Crippen LogP contribution in [0, 0.1) is 11.6 Å². The van der Waals surface area contributed by atoms with Crippen molar-refractivity contribution in [3.05, 3.63) is 88.3 Å². The molecule has 0 amide bonds. The van der Waals surface area contributed by atoms with Crippen LogP contribution in [0.5, 0.6) is 0 Å². The van der Waals surface area contributed by atoms with Crippen molar-refractivity contribution in [3.8, 4) is 22.6 Å². The molecule has 2 aromatic heterocycles. The standard InChI is InChI=1S/C23H18ClF2N5/c24-18-3-1-14(2-4-18)23-27-10-16-12-31(6-5-21(16)29-23)13-17-11-28-30-22(17)15-7-19(25)9-20(26)8-15/h1-4,7-11H,5-6,12-13H2,(H,28,30). The minimum absolute atomic E-state index is 0.443. The van der Waals surface area contributed by atoms with Crippen molar-refractivity contribution >= 4 is 11.6 Å². The zero-order chi connectivity index (χ0) is 21.4. The van der Waals surface area contributed by atoms with Crippen molar-refractivity contribution in [2.75, 3.05) is 6.54 Å². The summed E-state index contributed by atoms with van der Waals surface area (Å²) in [4.78, 5) is 11.5. The molecule has 0 saturated carbocycles. The van der Waals surface area contributed by atoms with Crippen LogP contribution in [-0.4, -0.2) is 31.6 Å². The second-order valence-corrected chi connectivity index (χ2v) is 8.00. The Morgan fingerprint density at radius 3 is 2.55 bits per heavy atom. The van der Waals surface area contributed by atoms with E-state index < -0.39 is 11.6 Å². The number of aromatic amines is 1. The van der Waals surface area contributed by atoms with Crippen molar-refractivity contribution in [2.45, 2.75) is 19.5 Å². The maximum atomic E-state index is 13.6. The quantitative estimate of drug-likeness (QED) is 0.487. The van der Waals surface area contributed by atoms with Gasteiger partial charge in [-0.2, -0.15) is 5.10 Å². The molecular formula is C23H18ClF2N5. The lowest BCUT2D eigenvalue weighted by molar-refractivity contribution is 0.243. The van der Waals surface area contributed by atoms with E-state index in [0.29, 0.717) is 35.2 Å². The second kappa shape index (κ2) is 8.17. The third-order valence-electron chi connectivity index (χ3n) is 5.38. The van der Waals surface area contributed by atoms with Crippen LogP contribution in [0.15, 0.2) is 54.9 Å². The summed E-state index contributed by atoms with van der Waals surface area (Å²) in [6.07, 6.45) is 4.37. The van der Waals surface area contributed by atoms with Crippen LogP contribution in [-0.2, 0) is 19.5 Å². The molecule has 156 valence electrons. The lowest BCUT2D eigenvalue weighted by Crippen LogP contribution is -2.31. The van der Waals surface area contributed by atoms with Crippen molar-refractivity contribution < 1.29 is 8.78 Å². The molecule has 5 rings (SSSR count). The maximum Gasteiger partial charge on any atom is 0.159 e. The first-order valence-corrected chi connectivity index (χ1v) is 10.2. The highest BCUT2D eigenvalue weighted by Gasteiger charge is 2.21. The molecule has 0 radical (unpaired) electrons. The van der Waals surface area contributed by atoms with E-state index in [9.17, 15) is 8.78 Å². The number of hydrogen-bond donors (Lipinski definition) is 1. The molecule has 0 fully saturated rings. The number of H-pyrrole nitrogens is 1. The Morgan fingerprint density at radius 2 is 1.77 bits per heavy atom. The number of aromatic nitrogens is 4. The molecule has 0 saturated heterocycles. The first kappa shape index (κ1) is 19.8. The maximum absolute atomic E-state index is 13.6. The van der Waals surface area contributed by atoms with Gasteiger partial charge in [-0.1, -0.05) is 11.6 Å². The first-order valence-electron chi connectivity index (χ1n) is 9.87. The molecule has 0 bridgehead atoms. The molecule has 31 heavy (non-hydrogen) atoms. The Kier molecular flexibility index (Phi) is 5.21. The van der Waals surface area contributed by atoms with Gasteiger partial charge in [0.2, 0.25) is 0 Å². The number of nitrogens with zero attached hydrogens (tertiary/aromatic N) is 4. The smallest absolute Gasteiger partial charge is 0.159 e. The molecule has 1 aliphatic heterocycles. The van der Waals surface area contributed by atoms with Crippen molar-refractivity contribution in [3.63, 3.8) is 0 Å². The lowest BCUT2D eigenvalue weighted by atomic mass is 10.0. The van der Waals surface area contributed by atoms with Crippen LogP contribution < -0.4 is 0 Å². The average molecular weight is 438 g/mol. The second-order valence-electron chi connectivity index (χ2n) is 7.56. The van der Waals surface area contributed by atoms with Gasteiger partial charge >= 0.3 is 0 Å². The summed E-state index contributed by atoms with van der Waals surface area (Å²) in [6.45, 7) is 2.10. The number of rotatable bonds is 4. The SMILES string of the molecule is Fc1cc(F)cc(-c2[nH]ncc2CN2CCc3nc(-c4ccc(Cl)cc4)ncc3C2)c1. The van der Waals surface area contributed by atoms with Gasteiger partial charge in [0.1, 0.15) is 11.6 Å². The zero-order valence-corrected chi connectivity index (χ0v) is 17.2. The zero-order valence-electron chi connectivity index (χ0n) is 16.4. The van der Waals surface area contributed by atoms with Gasteiger partial charge in [-0.05, 0) is 36.4 Å². The fourth-order valence-corrected chi connectivity index (χ4v) is 3.99. The molecule has 4 aromatic rings. The number of halogens is 3. The van der Waals surface area contributed by atoms with Gasteiger partial charge in [0.15, 0.2) is 5.82 Å². The Morgan fingerprint density at radius 1 is 1.00 bits per heavy atom. The fourth-order valence-electron chi connectivity index (χ4n) is 3.87. The molecule has 1 N–H and O–H groups in total. The summed E-state index contributed by atoms with van der Waals surface area (Å²) in [7, 11) is 0. The lowest BCUT2D eigenvalue weighted by Gasteiger charge is -2.28. The van der Waals surface area contributed by atoms with E-state index in [-0.39, 0.29) is 0 Å². The van der Waals surface area contributed by atoms with Gasteiger partial charge in [-0.25, -0.2) is 18.7 Å². The van der Waals surface area contributed by atoms with E-state index in [0.717, 1.165) is 41.4 Å². The van der Waals surface area contributed by atoms with Gasteiger partial charge in [0.05, 0.1) is 17.6 Å². The van der Waals surface area contributed by atoms with E-state index in [4.69, 9.17) is 16.6 Å². The number of hydrogen-bond acceptors (Lipinski definition) is 4. The van der Waals surface area contributed by atoms with E-state index in [2.05, 4.69) is 20.1 Å². The molecule has 0 spiro atoms. The molecule has 1 aliphatic rings. The summed E-state index contributed by atoms with van der Waals surface area (Å²) in [5, 5.41) is 7.64. The summed E-state index contributed by atoms with van der Waals surface area (Å²) < 4.78 is 27.3. The van der Waals surface area contributed by atoms with Crippen LogP contribution in [0.4, 0.5) is 8.78 Å². The molecule has 0 aliphatic carbocycles. The molecular weight excluding hydrogens is 420 g/mol. The molecule has 0 unspecified atom stereocenters. The molecule has 2 aromatic carbocycles. The Hall–Kier alpha value is -3.16. The molecule has 0 atom stereocenters. The van der Waals surface area contributed by atoms with Crippen LogP contribution in [0.3, 0.4) is 0 Å². The monoisotopic (exact) mass is 437 g/mol. The number of fused-ring (bicyclic) bond motifs is 1. The van der Waals surface area contributed by atoms with Crippen molar-refractivity contribution in [2.24, 2.45) is 0 Å². The van der Waals surface area contributed by atoms with Crippen molar-refractivity contribution in [1.29, 1.82) is 0 Å². The van der Waals surface area contributed by atoms with Gasteiger partial charge in [-0.3, -0.25) is 10.00 Å².